The van der Waals surface area contributed by atoms with Crippen LogP contribution in [-0.2, 0) is 14.8 Å². The lowest BCUT2D eigenvalue weighted by Gasteiger charge is -2.42. The zero-order chi connectivity index (χ0) is 15.2. The van der Waals surface area contributed by atoms with Crippen LogP contribution in [0.1, 0.15) is 39.0 Å². The van der Waals surface area contributed by atoms with Crippen molar-refractivity contribution in [3.05, 3.63) is 0 Å². The van der Waals surface area contributed by atoms with E-state index in [4.69, 9.17) is 0 Å². The highest BCUT2D eigenvalue weighted by Crippen LogP contribution is 2.34. The first-order valence-corrected chi connectivity index (χ1v) is 9.04. The van der Waals surface area contributed by atoms with Crippen LogP contribution < -0.4 is 4.72 Å². The number of carbonyl (C=O) groups excluding carboxylic acids is 1. The maximum Gasteiger partial charge on any atom is 0.223 e. The summed E-state index contributed by atoms with van der Waals surface area (Å²) in [5, 5.41) is 9.63. The molecule has 1 rings (SSSR count). The van der Waals surface area contributed by atoms with Gasteiger partial charge in [-0.1, -0.05) is 13.3 Å². The van der Waals surface area contributed by atoms with Gasteiger partial charge in [-0.2, -0.15) is 0 Å². The van der Waals surface area contributed by atoms with Crippen molar-refractivity contribution in [2.45, 2.75) is 39.0 Å². The number of nitrogens with one attached hydrogen (secondary N) is 1. The Hall–Kier alpha value is -0.660. The zero-order valence-corrected chi connectivity index (χ0v) is 13.2. The van der Waals surface area contributed by atoms with Crippen molar-refractivity contribution < 1.29 is 18.3 Å². The highest BCUT2D eigenvalue weighted by atomic mass is 32.2. The molecule has 1 amide bonds. The lowest BCUT2D eigenvalue weighted by Crippen LogP contribution is -2.48. The third-order valence-corrected chi connectivity index (χ3v) is 4.56. The molecule has 1 heterocycles. The van der Waals surface area contributed by atoms with Crippen molar-refractivity contribution in [2.24, 2.45) is 5.41 Å². The van der Waals surface area contributed by atoms with Gasteiger partial charge in [0.15, 0.2) is 0 Å². The second-order valence-electron chi connectivity index (χ2n) is 5.74. The fourth-order valence-electron chi connectivity index (χ4n) is 2.86. The standard InChI is InChI=1S/C13H26N2O4S/c1-3-6-13(11-16)7-4-9-15(10-13)12(17)5-8-14-20(2,18)19/h14,16H,3-11H2,1-2H3. The predicted octanol–water partition coefficient (Wildman–Crippen LogP) is 0.327. The first-order chi connectivity index (χ1) is 9.32. The van der Waals surface area contributed by atoms with E-state index in [1.165, 1.54) is 0 Å². The molecule has 1 aliphatic rings. The van der Waals surface area contributed by atoms with E-state index in [0.29, 0.717) is 13.1 Å². The average molecular weight is 306 g/mol. The summed E-state index contributed by atoms with van der Waals surface area (Å²) in [6, 6.07) is 0. The third-order valence-electron chi connectivity index (χ3n) is 3.83. The minimum Gasteiger partial charge on any atom is -0.396 e. The van der Waals surface area contributed by atoms with Gasteiger partial charge in [-0.15, -0.1) is 0 Å². The van der Waals surface area contributed by atoms with Crippen LogP contribution >= 0.6 is 0 Å². The molecular formula is C13H26N2O4S. The number of sulfonamides is 1. The number of piperidine rings is 1. The number of aliphatic hydroxyl groups is 1. The molecule has 2 N–H and O–H groups in total. The number of hydrogen-bond donors (Lipinski definition) is 2. The topological polar surface area (TPSA) is 86.7 Å². The van der Waals surface area contributed by atoms with Gasteiger partial charge < -0.3 is 10.0 Å². The van der Waals surface area contributed by atoms with Crippen LogP contribution in [0.25, 0.3) is 0 Å². The number of aliphatic hydroxyl groups excluding tert-OH is 1. The van der Waals surface area contributed by atoms with Gasteiger partial charge in [0.05, 0.1) is 12.9 Å². The lowest BCUT2D eigenvalue weighted by atomic mass is 9.77. The number of carbonyl (C=O) groups is 1. The Morgan fingerprint density at radius 1 is 1.45 bits per heavy atom. The van der Waals surface area contributed by atoms with E-state index < -0.39 is 10.0 Å². The second kappa shape index (κ2) is 7.38. The van der Waals surface area contributed by atoms with Gasteiger partial charge in [0, 0.05) is 31.5 Å². The third kappa shape index (κ3) is 5.38. The zero-order valence-electron chi connectivity index (χ0n) is 12.4. The Balaban J connectivity index is 2.51. The van der Waals surface area contributed by atoms with Crippen molar-refractivity contribution >= 4 is 15.9 Å². The average Bonchev–Trinajstić information content (AvgIpc) is 2.38. The van der Waals surface area contributed by atoms with Crippen molar-refractivity contribution in [3.63, 3.8) is 0 Å². The molecule has 0 aromatic rings. The summed E-state index contributed by atoms with van der Waals surface area (Å²) in [4.78, 5) is 13.9. The Kier molecular flexibility index (Phi) is 6.42. The molecule has 0 radical (unpaired) electrons. The monoisotopic (exact) mass is 306 g/mol. The van der Waals surface area contributed by atoms with E-state index in [9.17, 15) is 18.3 Å². The van der Waals surface area contributed by atoms with E-state index >= 15 is 0 Å². The molecule has 1 unspecified atom stereocenters. The Bertz CT molecular complexity index is 420. The SMILES string of the molecule is CCCC1(CO)CCCN(C(=O)CCNS(C)(=O)=O)C1. The van der Waals surface area contributed by atoms with Gasteiger partial charge in [0.1, 0.15) is 0 Å². The fourth-order valence-corrected chi connectivity index (χ4v) is 3.34. The Morgan fingerprint density at radius 2 is 2.15 bits per heavy atom. The molecule has 0 aromatic carbocycles. The van der Waals surface area contributed by atoms with Crippen LogP contribution in [0.15, 0.2) is 0 Å². The maximum atomic E-state index is 12.1. The normalized spacial score (nSPS) is 23.9. The number of rotatable bonds is 7. The number of nitrogens with zero attached hydrogens (tertiary/aromatic N) is 1. The molecule has 0 aromatic heterocycles. The van der Waals surface area contributed by atoms with Gasteiger partial charge in [-0.25, -0.2) is 13.1 Å². The number of amides is 1. The molecule has 7 heteroatoms. The van der Waals surface area contributed by atoms with Gasteiger partial charge in [-0.05, 0) is 19.3 Å². The number of likely N-dealkylation sites (tertiary alicyclic amines) is 1. The minimum atomic E-state index is -3.25. The van der Waals surface area contributed by atoms with E-state index in [2.05, 4.69) is 11.6 Å². The van der Waals surface area contributed by atoms with Gasteiger partial charge in [-0.3, -0.25) is 4.79 Å². The van der Waals surface area contributed by atoms with Crippen LogP contribution in [-0.4, -0.2) is 56.8 Å². The quantitative estimate of drug-likeness (QED) is 0.709. The summed E-state index contributed by atoms with van der Waals surface area (Å²) in [6.45, 7) is 3.59. The van der Waals surface area contributed by atoms with E-state index in [0.717, 1.165) is 31.9 Å². The predicted molar refractivity (Wildman–Crippen MR) is 77.7 cm³/mol. The minimum absolute atomic E-state index is 0.0465. The van der Waals surface area contributed by atoms with Gasteiger partial charge in [0.25, 0.3) is 0 Å². The van der Waals surface area contributed by atoms with Crippen LogP contribution in [0.5, 0.6) is 0 Å². The summed E-state index contributed by atoms with van der Waals surface area (Å²) in [5.41, 5.74) is -0.174. The summed E-state index contributed by atoms with van der Waals surface area (Å²) >= 11 is 0. The van der Waals surface area contributed by atoms with E-state index in [1.807, 2.05) is 0 Å². The lowest BCUT2D eigenvalue weighted by molar-refractivity contribution is -0.135. The highest BCUT2D eigenvalue weighted by molar-refractivity contribution is 7.88. The summed E-state index contributed by atoms with van der Waals surface area (Å²) < 4.78 is 24.2. The summed E-state index contributed by atoms with van der Waals surface area (Å²) in [6.07, 6.45) is 4.98. The molecule has 1 aliphatic heterocycles. The van der Waals surface area contributed by atoms with Gasteiger partial charge in [0.2, 0.25) is 15.9 Å². The molecule has 6 nitrogen and oxygen atoms in total. The Morgan fingerprint density at radius 3 is 2.70 bits per heavy atom. The molecule has 0 saturated carbocycles. The molecule has 20 heavy (non-hydrogen) atoms. The molecular weight excluding hydrogens is 280 g/mol. The molecule has 118 valence electrons. The van der Waals surface area contributed by atoms with Crippen molar-refractivity contribution in [2.75, 3.05) is 32.5 Å². The maximum absolute atomic E-state index is 12.1. The number of hydrogen-bond acceptors (Lipinski definition) is 4. The fraction of sp³-hybridized carbons (Fsp3) is 0.923. The molecule has 1 atom stereocenters. The van der Waals surface area contributed by atoms with Crippen molar-refractivity contribution in [1.82, 2.24) is 9.62 Å². The van der Waals surface area contributed by atoms with E-state index in [-0.39, 0.29) is 30.9 Å². The summed E-state index contributed by atoms with van der Waals surface area (Å²) in [7, 11) is -3.25. The van der Waals surface area contributed by atoms with Crippen LogP contribution in [0.2, 0.25) is 0 Å². The van der Waals surface area contributed by atoms with Crippen molar-refractivity contribution in [3.8, 4) is 0 Å². The molecule has 0 bridgehead atoms. The van der Waals surface area contributed by atoms with Gasteiger partial charge >= 0.3 is 0 Å². The van der Waals surface area contributed by atoms with Crippen LogP contribution in [0, 0.1) is 5.41 Å². The first kappa shape index (κ1) is 17.4. The summed E-state index contributed by atoms with van der Waals surface area (Å²) in [5.74, 6) is -0.0465. The highest BCUT2D eigenvalue weighted by Gasteiger charge is 2.35. The molecule has 1 fully saturated rings. The smallest absolute Gasteiger partial charge is 0.223 e. The largest absolute Gasteiger partial charge is 0.396 e. The van der Waals surface area contributed by atoms with Crippen molar-refractivity contribution in [1.29, 1.82) is 0 Å². The molecule has 1 saturated heterocycles. The second-order valence-corrected chi connectivity index (χ2v) is 7.58. The Labute approximate surface area is 121 Å². The van der Waals surface area contributed by atoms with Crippen LogP contribution in [0.3, 0.4) is 0 Å². The van der Waals surface area contributed by atoms with Crippen LogP contribution in [0.4, 0.5) is 0 Å². The molecule has 0 spiro atoms. The first-order valence-electron chi connectivity index (χ1n) is 7.15. The molecule has 0 aliphatic carbocycles. The van der Waals surface area contributed by atoms with E-state index in [1.54, 1.807) is 4.90 Å².